The summed E-state index contributed by atoms with van der Waals surface area (Å²) in [6, 6.07) is 12.8. The number of nitro groups is 1. The van der Waals surface area contributed by atoms with Gasteiger partial charge < -0.3 is 4.74 Å². The molecule has 0 amide bonds. The van der Waals surface area contributed by atoms with Crippen LogP contribution in [0.4, 0.5) is 5.69 Å². The van der Waals surface area contributed by atoms with E-state index in [0.717, 1.165) is 25.7 Å². The number of nitro benzene ring substituents is 1. The third-order valence-corrected chi connectivity index (χ3v) is 7.46. The summed E-state index contributed by atoms with van der Waals surface area (Å²) in [5, 5.41) is 11.4. The molecule has 4 rings (SSSR count). The van der Waals surface area contributed by atoms with Crippen molar-refractivity contribution in [1.82, 2.24) is 4.31 Å². The summed E-state index contributed by atoms with van der Waals surface area (Å²) >= 11 is 0. The molecular weight excluding hydrogens is 392 g/mol. The molecule has 29 heavy (non-hydrogen) atoms. The molecule has 1 aliphatic carbocycles. The van der Waals surface area contributed by atoms with Crippen molar-refractivity contribution in [2.24, 2.45) is 5.92 Å². The van der Waals surface area contributed by atoms with Gasteiger partial charge in [0.2, 0.25) is 10.0 Å². The second-order valence-corrected chi connectivity index (χ2v) is 9.67. The third-order valence-electron chi connectivity index (χ3n) is 5.63. The van der Waals surface area contributed by atoms with Crippen molar-refractivity contribution in [3.05, 3.63) is 58.6 Å². The first kappa shape index (κ1) is 20.0. The van der Waals surface area contributed by atoms with Gasteiger partial charge in [0.1, 0.15) is 0 Å². The highest BCUT2D eigenvalue weighted by atomic mass is 32.2. The van der Waals surface area contributed by atoms with Crippen LogP contribution in [0.3, 0.4) is 0 Å². The van der Waals surface area contributed by atoms with Gasteiger partial charge in [-0.25, -0.2) is 8.42 Å². The molecule has 2 aromatic carbocycles. The van der Waals surface area contributed by atoms with Crippen molar-refractivity contribution in [2.45, 2.75) is 36.7 Å². The number of para-hydroxylation sites is 1. The quantitative estimate of drug-likeness (QED) is 0.370. The minimum absolute atomic E-state index is 0.0374. The largest absolute Gasteiger partial charge is 0.372 e. The Hall–Kier alpha value is -2.29. The fourth-order valence-corrected chi connectivity index (χ4v) is 5.60. The summed E-state index contributed by atoms with van der Waals surface area (Å²) in [4.78, 5) is 11.1. The van der Waals surface area contributed by atoms with Gasteiger partial charge in [0.25, 0.3) is 5.69 Å². The second-order valence-electron chi connectivity index (χ2n) is 7.73. The molecule has 2 aliphatic rings. The molecule has 1 atom stereocenters. The van der Waals surface area contributed by atoms with Crippen LogP contribution < -0.4 is 0 Å². The number of epoxide rings is 1. The van der Waals surface area contributed by atoms with Crippen LogP contribution in [0.1, 0.15) is 25.7 Å². The standard InChI is InChI=1S/C21H24N2O5S/c24-23(25)21-11-4-3-10-20(21)17-8-5-9-19(12-17)29(26,27)22(14-18-15-28-18)13-16-6-1-2-7-16/h3-5,8-12,16,18H,1-2,6-7,13-15H2. The molecule has 1 saturated carbocycles. The summed E-state index contributed by atoms with van der Waals surface area (Å²) in [6.07, 6.45) is 4.35. The molecule has 0 aromatic heterocycles. The average Bonchev–Trinajstić information content (AvgIpc) is 3.39. The minimum atomic E-state index is -3.72. The van der Waals surface area contributed by atoms with E-state index in [0.29, 0.717) is 36.7 Å². The fourth-order valence-electron chi connectivity index (χ4n) is 4.00. The monoisotopic (exact) mass is 416 g/mol. The molecule has 1 unspecified atom stereocenters. The van der Waals surface area contributed by atoms with Gasteiger partial charge >= 0.3 is 0 Å². The van der Waals surface area contributed by atoms with E-state index in [1.807, 2.05) is 0 Å². The molecular formula is C21H24N2O5S. The Labute approximate surface area is 170 Å². The van der Waals surface area contributed by atoms with Gasteiger partial charge in [-0.3, -0.25) is 10.1 Å². The molecule has 0 radical (unpaired) electrons. The van der Waals surface area contributed by atoms with E-state index in [9.17, 15) is 18.5 Å². The Bertz CT molecular complexity index is 998. The van der Waals surface area contributed by atoms with E-state index in [4.69, 9.17) is 4.74 Å². The predicted molar refractivity (Wildman–Crippen MR) is 109 cm³/mol. The number of hydrogen-bond acceptors (Lipinski definition) is 5. The van der Waals surface area contributed by atoms with Crippen molar-refractivity contribution in [2.75, 3.05) is 19.7 Å². The number of hydrogen-bond donors (Lipinski definition) is 0. The first-order valence-electron chi connectivity index (χ1n) is 9.91. The normalized spacial score (nSPS) is 19.6. The number of nitrogens with zero attached hydrogens (tertiary/aromatic N) is 2. The topological polar surface area (TPSA) is 93.0 Å². The summed E-state index contributed by atoms with van der Waals surface area (Å²) in [5.74, 6) is 0.377. The molecule has 2 fully saturated rings. The van der Waals surface area contributed by atoms with Gasteiger partial charge in [-0.05, 0) is 42.5 Å². The van der Waals surface area contributed by atoms with E-state index in [2.05, 4.69) is 0 Å². The molecule has 1 aliphatic heterocycles. The lowest BCUT2D eigenvalue weighted by Gasteiger charge is -2.24. The van der Waals surface area contributed by atoms with E-state index in [1.165, 1.54) is 12.1 Å². The van der Waals surface area contributed by atoms with Crippen LogP contribution in [0.25, 0.3) is 11.1 Å². The van der Waals surface area contributed by atoms with Crippen molar-refractivity contribution in [1.29, 1.82) is 0 Å². The summed E-state index contributed by atoms with van der Waals surface area (Å²) < 4.78 is 33.7. The van der Waals surface area contributed by atoms with Crippen molar-refractivity contribution >= 4 is 15.7 Å². The fraction of sp³-hybridized carbons (Fsp3) is 0.429. The number of ether oxygens (including phenoxy) is 1. The predicted octanol–water partition coefficient (Wildman–Crippen LogP) is 3.84. The van der Waals surface area contributed by atoms with Gasteiger partial charge in [0.05, 0.1) is 28.1 Å². The van der Waals surface area contributed by atoms with E-state index in [1.54, 1.807) is 40.7 Å². The molecule has 7 nitrogen and oxygen atoms in total. The smallest absolute Gasteiger partial charge is 0.277 e. The van der Waals surface area contributed by atoms with Crippen LogP contribution in [0.5, 0.6) is 0 Å². The highest BCUT2D eigenvalue weighted by Gasteiger charge is 2.34. The zero-order valence-corrected chi connectivity index (χ0v) is 16.9. The Morgan fingerprint density at radius 2 is 1.79 bits per heavy atom. The molecule has 1 heterocycles. The third kappa shape index (κ3) is 4.49. The molecule has 0 bridgehead atoms. The van der Waals surface area contributed by atoms with Crippen LogP contribution in [-0.4, -0.2) is 43.4 Å². The van der Waals surface area contributed by atoms with Crippen LogP contribution in [0.2, 0.25) is 0 Å². The molecule has 0 N–H and O–H groups in total. The lowest BCUT2D eigenvalue weighted by Crippen LogP contribution is -2.37. The second kappa shape index (κ2) is 8.22. The van der Waals surface area contributed by atoms with Crippen molar-refractivity contribution < 1.29 is 18.1 Å². The maximum absolute atomic E-state index is 13.4. The van der Waals surface area contributed by atoms with Gasteiger partial charge in [0.15, 0.2) is 0 Å². The lowest BCUT2D eigenvalue weighted by atomic mass is 10.0. The Kier molecular flexibility index (Phi) is 5.67. The van der Waals surface area contributed by atoms with Gasteiger partial charge in [0, 0.05) is 19.2 Å². The number of benzene rings is 2. The Balaban J connectivity index is 1.67. The highest BCUT2D eigenvalue weighted by molar-refractivity contribution is 7.89. The van der Waals surface area contributed by atoms with E-state index >= 15 is 0 Å². The minimum Gasteiger partial charge on any atom is -0.372 e. The molecule has 154 valence electrons. The Morgan fingerprint density at radius 1 is 1.07 bits per heavy atom. The van der Waals surface area contributed by atoms with Gasteiger partial charge in [-0.15, -0.1) is 0 Å². The maximum atomic E-state index is 13.4. The van der Waals surface area contributed by atoms with Crippen molar-refractivity contribution in [3.8, 4) is 11.1 Å². The van der Waals surface area contributed by atoms with Gasteiger partial charge in [-0.1, -0.05) is 37.1 Å². The molecule has 0 spiro atoms. The van der Waals surface area contributed by atoms with E-state index in [-0.39, 0.29) is 16.7 Å². The first-order chi connectivity index (χ1) is 13.9. The molecule has 1 saturated heterocycles. The van der Waals surface area contributed by atoms with Crippen LogP contribution in [-0.2, 0) is 14.8 Å². The average molecular weight is 416 g/mol. The maximum Gasteiger partial charge on any atom is 0.277 e. The van der Waals surface area contributed by atoms with Gasteiger partial charge in [-0.2, -0.15) is 4.31 Å². The summed E-state index contributed by atoms with van der Waals surface area (Å²) in [6.45, 7) is 1.44. The highest BCUT2D eigenvalue weighted by Crippen LogP contribution is 2.33. The summed E-state index contributed by atoms with van der Waals surface area (Å²) in [7, 11) is -3.72. The number of rotatable bonds is 8. The zero-order valence-electron chi connectivity index (χ0n) is 16.1. The van der Waals surface area contributed by atoms with Crippen LogP contribution in [0.15, 0.2) is 53.4 Å². The first-order valence-corrected chi connectivity index (χ1v) is 11.3. The van der Waals surface area contributed by atoms with Crippen LogP contribution >= 0.6 is 0 Å². The molecule has 8 heteroatoms. The Morgan fingerprint density at radius 3 is 2.48 bits per heavy atom. The zero-order chi connectivity index (χ0) is 20.4. The lowest BCUT2D eigenvalue weighted by molar-refractivity contribution is -0.384. The van der Waals surface area contributed by atoms with Crippen LogP contribution in [0, 0.1) is 16.0 Å². The molecule has 2 aromatic rings. The summed E-state index contributed by atoms with van der Waals surface area (Å²) in [5.41, 5.74) is 0.875. The SMILES string of the molecule is O=[N+]([O-])c1ccccc1-c1cccc(S(=O)(=O)N(CC2CCCC2)CC2CO2)c1. The van der Waals surface area contributed by atoms with Crippen molar-refractivity contribution in [3.63, 3.8) is 0 Å². The number of sulfonamides is 1. The van der Waals surface area contributed by atoms with E-state index < -0.39 is 14.9 Å².